The Morgan fingerprint density at radius 2 is 2.10 bits per heavy atom. The molecule has 0 saturated carbocycles. The molecule has 0 unspecified atom stereocenters. The van der Waals surface area contributed by atoms with E-state index >= 15 is 0 Å². The summed E-state index contributed by atoms with van der Waals surface area (Å²) in [4.78, 5) is 15.7. The molecule has 0 aliphatic rings. The molecule has 0 atom stereocenters. The molecule has 2 aromatic heterocycles. The Kier molecular flexibility index (Phi) is 4.18. The average molecular weight is 290 g/mol. The number of nitrogens with zero attached hydrogens (tertiary/aromatic N) is 2. The van der Waals surface area contributed by atoms with E-state index in [1.54, 1.807) is 5.48 Å². The van der Waals surface area contributed by atoms with E-state index in [4.69, 9.17) is 5.21 Å². The number of carbonyl (C=O) groups excluding carboxylic acids is 1. The van der Waals surface area contributed by atoms with Gasteiger partial charge in [0.2, 0.25) is 0 Å². The van der Waals surface area contributed by atoms with Crippen LogP contribution in [0.2, 0.25) is 0 Å². The lowest BCUT2D eigenvalue weighted by atomic mass is 9.90. The third-order valence-corrected chi connectivity index (χ3v) is 3.10. The SMILES string of the molecule is Cc1ccc2nc(NCC(=O)NO)c(CC(C)(C)C)n2c1. The molecule has 2 rings (SSSR count). The lowest BCUT2D eigenvalue weighted by molar-refractivity contribution is -0.127. The summed E-state index contributed by atoms with van der Waals surface area (Å²) in [5.41, 5.74) is 4.72. The monoisotopic (exact) mass is 290 g/mol. The van der Waals surface area contributed by atoms with Crippen LogP contribution in [0.25, 0.3) is 5.65 Å². The van der Waals surface area contributed by atoms with Crippen molar-refractivity contribution < 1.29 is 10.0 Å². The number of aromatic nitrogens is 2. The molecule has 3 N–H and O–H groups in total. The molecule has 2 heterocycles. The maximum Gasteiger partial charge on any atom is 0.262 e. The highest BCUT2D eigenvalue weighted by atomic mass is 16.5. The number of hydrogen-bond acceptors (Lipinski definition) is 4. The quantitative estimate of drug-likeness (QED) is 0.595. The standard InChI is InChI=1S/C15H22N4O2/c1-10-5-6-12-17-14(16-8-13(20)18-21)11(19(12)9-10)7-15(2,3)4/h5-6,9,16,21H,7-8H2,1-4H3,(H,18,20). The summed E-state index contributed by atoms with van der Waals surface area (Å²) < 4.78 is 2.06. The van der Waals surface area contributed by atoms with Crippen molar-refractivity contribution in [1.29, 1.82) is 0 Å². The van der Waals surface area contributed by atoms with Gasteiger partial charge < -0.3 is 9.72 Å². The van der Waals surface area contributed by atoms with Gasteiger partial charge in [-0.3, -0.25) is 10.0 Å². The predicted octanol–water partition coefficient (Wildman–Crippen LogP) is 2.15. The zero-order chi connectivity index (χ0) is 15.6. The summed E-state index contributed by atoms with van der Waals surface area (Å²) in [7, 11) is 0. The summed E-state index contributed by atoms with van der Waals surface area (Å²) in [5.74, 6) is 0.184. The van der Waals surface area contributed by atoms with E-state index in [-0.39, 0.29) is 12.0 Å². The minimum Gasteiger partial charge on any atom is -0.359 e. The van der Waals surface area contributed by atoms with E-state index in [1.807, 2.05) is 25.3 Å². The number of pyridine rings is 1. The summed E-state index contributed by atoms with van der Waals surface area (Å²) in [6.45, 7) is 8.49. The first-order chi connectivity index (χ1) is 9.80. The Labute approximate surface area is 124 Å². The van der Waals surface area contributed by atoms with Gasteiger partial charge in [0, 0.05) is 6.20 Å². The highest BCUT2D eigenvalue weighted by Gasteiger charge is 2.19. The summed E-state index contributed by atoms with van der Waals surface area (Å²) in [6.07, 6.45) is 2.86. The van der Waals surface area contributed by atoms with Gasteiger partial charge in [0.1, 0.15) is 11.5 Å². The molecule has 0 bridgehead atoms. The highest BCUT2D eigenvalue weighted by Crippen LogP contribution is 2.27. The average Bonchev–Trinajstić information content (AvgIpc) is 2.72. The zero-order valence-electron chi connectivity index (χ0n) is 12.9. The minimum atomic E-state index is -0.495. The first-order valence-corrected chi connectivity index (χ1v) is 6.94. The smallest absolute Gasteiger partial charge is 0.262 e. The van der Waals surface area contributed by atoms with Gasteiger partial charge in [-0.15, -0.1) is 0 Å². The maximum atomic E-state index is 11.2. The van der Waals surface area contributed by atoms with Crippen LogP contribution in [-0.2, 0) is 11.2 Å². The van der Waals surface area contributed by atoms with Crippen LogP contribution in [0.5, 0.6) is 0 Å². The van der Waals surface area contributed by atoms with Gasteiger partial charge in [0.15, 0.2) is 0 Å². The first kappa shape index (κ1) is 15.3. The van der Waals surface area contributed by atoms with Gasteiger partial charge >= 0.3 is 0 Å². The van der Waals surface area contributed by atoms with Gasteiger partial charge in [-0.25, -0.2) is 10.5 Å². The van der Waals surface area contributed by atoms with E-state index in [0.29, 0.717) is 5.82 Å². The normalized spacial score (nSPS) is 11.7. The fraction of sp³-hybridized carbons (Fsp3) is 0.467. The molecule has 0 aliphatic heterocycles. The molecule has 21 heavy (non-hydrogen) atoms. The van der Waals surface area contributed by atoms with Crippen LogP contribution in [0.3, 0.4) is 0 Å². The van der Waals surface area contributed by atoms with E-state index in [2.05, 4.69) is 35.5 Å². The number of hydroxylamine groups is 1. The Balaban J connectivity index is 2.42. The molecule has 2 aromatic rings. The molecule has 6 heteroatoms. The van der Waals surface area contributed by atoms with Crippen LogP contribution in [0, 0.1) is 12.3 Å². The fourth-order valence-corrected chi connectivity index (χ4v) is 2.22. The number of fused-ring (bicyclic) bond motifs is 1. The topological polar surface area (TPSA) is 78.7 Å². The predicted molar refractivity (Wildman–Crippen MR) is 81.5 cm³/mol. The number of nitrogens with one attached hydrogen (secondary N) is 2. The van der Waals surface area contributed by atoms with Crippen molar-refractivity contribution in [2.45, 2.75) is 34.1 Å². The van der Waals surface area contributed by atoms with E-state index in [1.165, 1.54) is 0 Å². The summed E-state index contributed by atoms with van der Waals surface area (Å²) in [5, 5.41) is 11.6. The number of aryl methyl sites for hydroxylation is 1. The van der Waals surface area contributed by atoms with Gasteiger partial charge in [-0.1, -0.05) is 26.8 Å². The third-order valence-electron chi connectivity index (χ3n) is 3.10. The molecule has 1 amide bonds. The second kappa shape index (κ2) is 5.73. The van der Waals surface area contributed by atoms with Crippen molar-refractivity contribution >= 4 is 17.4 Å². The van der Waals surface area contributed by atoms with Gasteiger partial charge in [-0.2, -0.15) is 0 Å². The number of hydrogen-bond donors (Lipinski definition) is 3. The molecule has 0 radical (unpaired) electrons. The van der Waals surface area contributed by atoms with Crippen LogP contribution in [0.1, 0.15) is 32.0 Å². The molecule has 6 nitrogen and oxygen atoms in total. The Hall–Kier alpha value is -2.08. The van der Waals surface area contributed by atoms with E-state index in [9.17, 15) is 4.79 Å². The lowest BCUT2D eigenvalue weighted by Gasteiger charge is -2.19. The summed E-state index contributed by atoms with van der Waals surface area (Å²) in [6, 6.07) is 3.96. The van der Waals surface area contributed by atoms with Crippen molar-refractivity contribution in [3.8, 4) is 0 Å². The number of imidazole rings is 1. The second-order valence-corrected chi connectivity index (χ2v) is 6.47. The van der Waals surface area contributed by atoms with Crippen molar-refractivity contribution in [2.24, 2.45) is 5.41 Å². The summed E-state index contributed by atoms with van der Waals surface area (Å²) >= 11 is 0. The number of anilines is 1. The van der Waals surface area contributed by atoms with Gasteiger partial charge in [0.25, 0.3) is 5.91 Å². The number of rotatable bonds is 4. The molecular formula is C15H22N4O2. The second-order valence-electron chi connectivity index (χ2n) is 6.47. The molecule has 0 spiro atoms. The molecule has 0 saturated heterocycles. The van der Waals surface area contributed by atoms with Gasteiger partial charge in [0.05, 0.1) is 12.2 Å². The van der Waals surface area contributed by atoms with E-state index in [0.717, 1.165) is 23.3 Å². The molecular weight excluding hydrogens is 268 g/mol. The van der Waals surface area contributed by atoms with Crippen LogP contribution in [0.4, 0.5) is 5.82 Å². The maximum absolute atomic E-state index is 11.2. The van der Waals surface area contributed by atoms with Crippen molar-refractivity contribution in [3.05, 3.63) is 29.6 Å². The Morgan fingerprint density at radius 3 is 2.71 bits per heavy atom. The van der Waals surface area contributed by atoms with Crippen molar-refractivity contribution in [3.63, 3.8) is 0 Å². The molecule has 0 fully saturated rings. The molecule has 0 aliphatic carbocycles. The van der Waals surface area contributed by atoms with Gasteiger partial charge in [-0.05, 0) is 30.4 Å². The fourth-order valence-electron chi connectivity index (χ4n) is 2.22. The molecule has 114 valence electrons. The van der Waals surface area contributed by atoms with E-state index < -0.39 is 5.91 Å². The highest BCUT2D eigenvalue weighted by molar-refractivity contribution is 5.79. The molecule has 0 aromatic carbocycles. The first-order valence-electron chi connectivity index (χ1n) is 6.94. The largest absolute Gasteiger partial charge is 0.359 e. The van der Waals surface area contributed by atoms with Crippen molar-refractivity contribution in [2.75, 3.05) is 11.9 Å². The Bertz CT molecular complexity index is 655. The number of amides is 1. The van der Waals surface area contributed by atoms with Crippen molar-refractivity contribution in [1.82, 2.24) is 14.9 Å². The minimum absolute atomic E-state index is 0.0174. The number of carbonyl (C=O) groups is 1. The van der Waals surface area contributed by atoms with Crippen LogP contribution in [-0.4, -0.2) is 27.0 Å². The zero-order valence-corrected chi connectivity index (χ0v) is 12.9. The van der Waals surface area contributed by atoms with Crippen LogP contribution >= 0.6 is 0 Å². The van der Waals surface area contributed by atoms with Crippen LogP contribution in [0.15, 0.2) is 18.3 Å². The third kappa shape index (κ3) is 3.72. The Morgan fingerprint density at radius 1 is 1.38 bits per heavy atom. The van der Waals surface area contributed by atoms with Crippen LogP contribution < -0.4 is 10.8 Å². The lowest BCUT2D eigenvalue weighted by Crippen LogP contribution is -2.27.